The average molecular weight is 283 g/mol. The van der Waals surface area contributed by atoms with Crippen LogP contribution in [0, 0.1) is 5.92 Å². The fourth-order valence-electron chi connectivity index (χ4n) is 3.32. The number of hydrogen-bond donors (Lipinski definition) is 1. The van der Waals surface area contributed by atoms with E-state index in [-0.39, 0.29) is 30.3 Å². The summed E-state index contributed by atoms with van der Waals surface area (Å²) < 4.78 is 17.0. The average Bonchev–Trinajstić information content (AvgIpc) is 2.51. The molecule has 4 unspecified atom stereocenters. The summed E-state index contributed by atoms with van der Waals surface area (Å²) in [6, 6.07) is 0.193. The first-order chi connectivity index (χ1) is 9.84. The lowest BCUT2D eigenvalue weighted by Gasteiger charge is -2.43. The van der Waals surface area contributed by atoms with Crippen LogP contribution in [0.5, 0.6) is 0 Å². The molecule has 1 N–H and O–H groups in total. The van der Waals surface area contributed by atoms with Gasteiger partial charge in [0.15, 0.2) is 6.29 Å². The predicted octanol–water partition coefficient (Wildman–Crippen LogP) is 1.60. The second-order valence-corrected chi connectivity index (χ2v) is 6.00. The van der Waals surface area contributed by atoms with Gasteiger partial charge >= 0.3 is 0 Å². The Morgan fingerprint density at radius 1 is 1.10 bits per heavy atom. The summed E-state index contributed by atoms with van der Waals surface area (Å²) >= 11 is 0. The Morgan fingerprint density at radius 2 is 1.90 bits per heavy atom. The van der Waals surface area contributed by atoms with E-state index >= 15 is 0 Å². The molecule has 3 aliphatic heterocycles. The predicted molar refractivity (Wildman–Crippen MR) is 73.2 cm³/mol. The van der Waals surface area contributed by atoms with Gasteiger partial charge in [0.2, 0.25) is 5.91 Å². The smallest absolute Gasteiger partial charge is 0.225 e. The van der Waals surface area contributed by atoms with Crippen LogP contribution in [0.1, 0.15) is 44.9 Å². The highest BCUT2D eigenvalue weighted by atomic mass is 16.7. The molecule has 3 saturated heterocycles. The molecule has 0 bridgehead atoms. The molecule has 3 heterocycles. The lowest BCUT2D eigenvalue weighted by Crippen LogP contribution is -2.64. The molecule has 0 aromatic heterocycles. The second kappa shape index (κ2) is 6.87. The van der Waals surface area contributed by atoms with E-state index in [2.05, 4.69) is 5.32 Å². The van der Waals surface area contributed by atoms with E-state index in [9.17, 15) is 4.79 Å². The van der Waals surface area contributed by atoms with Crippen LogP contribution in [-0.2, 0) is 19.0 Å². The van der Waals surface area contributed by atoms with Crippen molar-refractivity contribution in [3.8, 4) is 0 Å². The number of amides is 1. The highest BCUT2D eigenvalue weighted by Gasteiger charge is 2.44. The summed E-state index contributed by atoms with van der Waals surface area (Å²) in [6.07, 6.45) is 7.61. The molecule has 3 rings (SSSR count). The van der Waals surface area contributed by atoms with Gasteiger partial charge in [-0.3, -0.25) is 4.79 Å². The lowest BCUT2D eigenvalue weighted by atomic mass is 9.82. The Morgan fingerprint density at radius 3 is 2.55 bits per heavy atom. The van der Waals surface area contributed by atoms with Crippen molar-refractivity contribution >= 4 is 5.91 Å². The highest BCUT2D eigenvalue weighted by molar-refractivity contribution is 5.86. The summed E-state index contributed by atoms with van der Waals surface area (Å²) in [4.78, 5) is 11.7. The van der Waals surface area contributed by atoms with Crippen molar-refractivity contribution in [3.05, 3.63) is 0 Å². The molecule has 5 nitrogen and oxygen atoms in total. The zero-order chi connectivity index (χ0) is 13.8. The zero-order valence-corrected chi connectivity index (χ0v) is 12.0. The van der Waals surface area contributed by atoms with Crippen LogP contribution in [-0.4, -0.2) is 44.2 Å². The van der Waals surface area contributed by atoms with Gasteiger partial charge in [0, 0.05) is 13.2 Å². The first-order valence-corrected chi connectivity index (χ1v) is 8.00. The molecule has 0 aromatic carbocycles. The second-order valence-electron chi connectivity index (χ2n) is 6.00. The fraction of sp³-hybridized carbons (Fsp3) is 0.933. The molecule has 1 amide bonds. The van der Waals surface area contributed by atoms with Crippen molar-refractivity contribution in [2.75, 3.05) is 19.8 Å². The molecule has 4 atom stereocenters. The maximum atomic E-state index is 11.7. The number of rotatable bonds is 5. The van der Waals surface area contributed by atoms with Gasteiger partial charge in [0.1, 0.15) is 0 Å². The van der Waals surface area contributed by atoms with Crippen LogP contribution in [0.4, 0.5) is 0 Å². The number of carbonyl (C=O) groups is 1. The minimum absolute atomic E-state index is 0.0571. The number of hydrogen-bond acceptors (Lipinski definition) is 4. The Hall–Kier alpha value is -0.650. The van der Waals surface area contributed by atoms with Gasteiger partial charge in [0.25, 0.3) is 0 Å². The third-order valence-electron chi connectivity index (χ3n) is 4.57. The quantitative estimate of drug-likeness (QED) is 0.779. The molecular formula is C15H25NO4. The van der Waals surface area contributed by atoms with Crippen molar-refractivity contribution < 1.29 is 19.0 Å². The topological polar surface area (TPSA) is 56.8 Å². The van der Waals surface area contributed by atoms with Crippen molar-refractivity contribution in [1.82, 2.24) is 5.32 Å². The summed E-state index contributed by atoms with van der Waals surface area (Å²) in [5.41, 5.74) is 0. The van der Waals surface area contributed by atoms with Gasteiger partial charge in [-0.2, -0.15) is 0 Å². The van der Waals surface area contributed by atoms with E-state index in [4.69, 9.17) is 14.2 Å². The minimum Gasteiger partial charge on any atom is -0.376 e. The van der Waals surface area contributed by atoms with Crippen molar-refractivity contribution in [1.29, 1.82) is 0 Å². The van der Waals surface area contributed by atoms with Crippen LogP contribution < -0.4 is 5.32 Å². The number of nitrogens with one attached hydrogen (secondary N) is 1. The zero-order valence-electron chi connectivity index (χ0n) is 12.0. The van der Waals surface area contributed by atoms with Crippen molar-refractivity contribution in [3.63, 3.8) is 0 Å². The van der Waals surface area contributed by atoms with E-state index < -0.39 is 0 Å². The number of carbonyl (C=O) groups excluding carboxylic acids is 1. The molecule has 0 aliphatic carbocycles. The molecular weight excluding hydrogens is 258 g/mol. The molecule has 114 valence electrons. The Balaban J connectivity index is 1.40. The number of β-lactam (4-membered cyclic amide) rings is 1. The molecule has 0 saturated carbocycles. The van der Waals surface area contributed by atoms with Crippen LogP contribution >= 0.6 is 0 Å². The van der Waals surface area contributed by atoms with Gasteiger partial charge in [-0.05, 0) is 44.9 Å². The van der Waals surface area contributed by atoms with E-state index in [0.717, 1.165) is 45.3 Å². The highest BCUT2D eigenvalue weighted by Crippen LogP contribution is 2.28. The van der Waals surface area contributed by atoms with Crippen LogP contribution in [0.15, 0.2) is 0 Å². The first kappa shape index (κ1) is 14.3. The van der Waals surface area contributed by atoms with Crippen LogP contribution in [0.25, 0.3) is 0 Å². The third-order valence-corrected chi connectivity index (χ3v) is 4.57. The van der Waals surface area contributed by atoms with E-state index in [0.29, 0.717) is 6.61 Å². The number of ether oxygens (including phenoxy) is 3. The van der Waals surface area contributed by atoms with Gasteiger partial charge in [0.05, 0.1) is 24.7 Å². The van der Waals surface area contributed by atoms with E-state index in [1.165, 1.54) is 12.8 Å². The maximum Gasteiger partial charge on any atom is 0.225 e. The third kappa shape index (κ3) is 3.32. The summed E-state index contributed by atoms with van der Waals surface area (Å²) in [7, 11) is 0. The minimum atomic E-state index is -0.0590. The Kier molecular flexibility index (Phi) is 4.91. The van der Waals surface area contributed by atoms with Gasteiger partial charge in [-0.25, -0.2) is 0 Å². The van der Waals surface area contributed by atoms with E-state index in [1.807, 2.05) is 0 Å². The van der Waals surface area contributed by atoms with Crippen LogP contribution in [0.2, 0.25) is 0 Å². The molecule has 0 aromatic rings. The van der Waals surface area contributed by atoms with Crippen LogP contribution in [0.3, 0.4) is 0 Å². The summed E-state index contributed by atoms with van der Waals surface area (Å²) in [5, 5.41) is 3.00. The lowest BCUT2D eigenvalue weighted by molar-refractivity contribution is -0.169. The van der Waals surface area contributed by atoms with Gasteiger partial charge in [-0.1, -0.05) is 0 Å². The largest absolute Gasteiger partial charge is 0.376 e. The standard InChI is InChI=1S/C15H25NO4/c17-15-11(7-10-20-13-6-2-4-9-19-13)14(16-15)12-5-1-3-8-18-12/h11-14H,1-10H2,(H,16,17). The monoisotopic (exact) mass is 283 g/mol. The van der Waals surface area contributed by atoms with Crippen molar-refractivity contribution in [2.45, 2.75) is 63.4 Å². The van der Waals surface area contributed by atoms with Gasteiger partial charge < -0.3 is 19.5 Å². The first-order valence-electron chi connectivity index (χ1n) is 8.00. The summed E-state index contributed by atoms with van der Waals surface area (Å²) in [6.45, 7) is 2.23. The molecule has 20 heavy (non-hydrogen) atoms. The maximum absolute atomic E-state index is 11.7. The summed E-state index contributed by atoms with van der Waals surface area (Å²) in [5.74, 6) is 0.207. The Bertz CT molecular complexity index is 324. The molecule has 5 heteroatoms. The molecule has 3 aliphatic rings. The van der Waals surface area contributed by atoms with Crippen molar-refractivity contribution in [2.24, 2.45) is 5.92 Å². The molecule has 0 radical (unpaired) electrons. The fourth-order valence-corrected chi connectivity index (χ4v) is 3.32. The van der Waals surface area contributed by atoms with Gasteiger partial charge in [-0.15, -0.1) is 0 Å². The molecule has 3 fully saturated rings. The normalized spacial score (nSPS) is 38.1. The Labute approximate surface area is 120 Å². The molecule has 0 spiro atoms. The van der Waals surface area contributed by atoms with E-state index in [1.54, 1.807) is 0 Å². The SMILES string of the molecule is O=C1NC(C2CCCCO2)C1CCOC1CCCCO1.